The van der Waals surface area contributed by atoms with E-state index in [0.717, 1.165) is 16.7 Å². The Morgan fingerprint density at radius 2 is 1.73 bits per heavy atom. The molecule has 0 atom stereocenters. The largest absolute Gasteiger partial charge is 0.488 e. The van der Waals surface area contributed by atoms with Crippen molar-refractivity contribution in [1.29, 1.82) is 0 Å². The molecular weight excluding hydrogens is 378 g/mol. The number of ketones is 1. The van der Waals surface area contributed by atoms with E-state index in [1.165, 1.54) is 12.0 Å². The molecule has 0 saturated heterocycles. The topological polar surface area (TPSA) is 55.8 Å². The Morgan fingerprint density at radius 3 is 2.53 bits per heavy atom. The van der Waals surface area contributed by atoms with Crippen LogP contribution >= 0.6 is 0 Å². The summed E-state index contributed by atoms with van der Waals surface area (Å²) in [5, 5.41) is 1.37. The van der Waals surface area contributed by atoms with Gasteiger partial charge >= 0.3 is 0 Å². The summed E-state index contributed by atoms with van der Waals surface area (Å²) < 4.78 is 5.84. The van der Waals surface area contributed by atoms with E-state index in [9.17, 15) is 9.59 Å². The fraction of sp³-hybridized carbons (Fsp3) is 0.200. The van der Waals surface area contributed by atoms with Crippen LogP contribution in [0.3, 0.4) is 0 Å². The second kappa shape index (κ2) is 8.93. The van der Waals surface area contributed by atoms with Crippen molar-refractivity contribution in [3.05, 3.63) is 101 Å². The number of nitrogens with zero attached hydrogens (tertiary/aromatic N) is 1. The molecular formula is C25H23NO4. The van der Waals surface area contributed by atoms with Gasteiger partial charge in [0.1, 0.15) is 19.0 Å². The molecule has 0 aliphatic carbocycles. The second-order valence-corrected chi connectivity index (χ2v) is 7.24. The van der Waals surface area contributed by atoms with Crippen molar-refractivity contribution < 1.29 is 19.2 Å². The molecule has 1 aliphatic heterocycles. The highest BCUT2D eigenvalue weighted by Crippen LogP contribution is 2.29. The van der Waals surface area contributed by atoms with Gasteiger partial charge in [-0.15, -0.1) is 0 Å². The van der Waals surface area contributed by atoms with Crippen LogP contribution in [-0.4, -0.2) is 23.3 Å². The van der Waals surface area contributed by atoms with Gasteiger partial charge in [-0.1, -0.05) is 60.7 Å². The third-order valence-corrected chi connectivity index (χ3v) is 5.12. The lowest BCUT2D eigenvalue weighted by molar-refractivity contribution is -0.189. The minimum atomic E-state index is -0.158. The summed E-state index contributed by atoms with van der Waals surface area (Å²) in [7, 11) is 0. The number of rotatable bonds is 6. The predicted molar refractivity (Wildman–Crippen MR) is 113 cm³/mol. The molecule has 0 aromatic heterocycles. The lowest BCUT2D eigenvalue weighted by Gasteiger charge is -2.20. The molecule has 152 valence electrons. The fourth-order valence-electron chi connectivity index (χ4n) is 3.47. The number of hydrogen-bond acceptors (Lipinski definition) is 4. The van der Waals surface area contributed by atoms with Gasteiger partial charge in [0.25, 0.3) is 0 Å². The van der Waals surface area contributed by atoms with Crippen LogP contribution in [0.25, 0.3) is 0 Å². The Hall–Kier alpha value is -3.44. The molecule has 5 heteroatoms. The molecule has 4 rings (SSSR count). The van der Waals surface area contributed by atoms with Crippen molar-refractivity contribution in [2.75, 3.05) is 6.54 Å². The zero-order chi connectivity index (χ0) is 20.9. The van der Waals surface area contributed by atoms with Crippen molar-refractivity contribution >= 4 is 11.7 Å². The molecule has 30 heavy (non-hydrogen) atoms. The summed E-state index contributed by atoms with van der Waals surface area (Å²) in [5.74, 6) is 0.390. The number of hydroxylamine groups is 2. The first-order valence-corrected chi connectivity index (χ1v) is 9.95. The molecule has 0 bridgehead atoms. The van der Waals surface area contributed by atoms with Crippen molar-refractivity contribution in [2.45, 2.75) is 26.6 Å². The van der Waals surface area contributed by atoms with E-state index in [-0.39, 0.29) is 11.7 Å². The van der Waals surface area contributed by atoms with Gasteiger partial charge in [-0.25, -0.2) is 5.06 Å². The van der Waals surface area contributed by atoms with Crippen LogP contribution in [0.1, 0.15) is 39.5 Å². The highest BCUT2D eigenvalue weighted by atomic mass is 16.7. The Bertz CT molecular complexity index is 1060. The van der Waals surface area contributed by atoms with E-state index in [1.807, 2.05) is 72.8 Å². The van der Waals surface area contributed by atoms with Crippen LogP contribution < -0.4 is 4.74 Å². The minimum Gasteiger partial charge on any atom is -0.488 e. The standard InChI is InChI=1S/C25H23NO4/c1-18(27)26(30-16-20-7-3-2-4-8-20)14-13-19-11-12-24-23(15-19)25(28)22-10-6-5-9-21(22)17-29-24/h2-12,15H,13-14,16-17H2,1H3. The molecule has 0 spiro atoms. The molecule has 1 heterocycles. The van der Waals surface area contributed by atoms with Gasteiger partial charge < -0.3 is 4.74 Å². The van der Waals surface area contributed by atoms with Crippen molar-refractivity contribution in [3.63, 3.8) is 0 Å². The fourth-order valence-corrected chi connectivity index (χ4v) is 3.47. The lowest BCUT2D eigenvalue weighted by Crippen LogP contribution is -2.31. The Labute approximate surface area is 175 Å². The smallest absolute Gasteiger partial charge is 0.243 e. The summed E-state index contributed by atoms with van der Waals surface area (Å²) >= 11 is 0. The van der Waals surface area contributed by atoms with E-state index < -0.39 is 0 Å². The maximum Gasteiger partial charge on any atom is 0.243 e. The first-order chi connectivity index (χ1) is 14.6. The molecule has 0 saturated carbocycles. The van der Waals surface area contributed by atoms with Gasteiger partial charge in [0, 0.05) is 18.1 Å². The van der Waals surface area contributed by atoms with Gasteiger partial charge in [-0.3, -0.25) is 14.4 Å². The number of hydrogen-bond donors (Lipinski definition) is 0. The third-order valence-electron chi connectivity index (χ3n) is 5.12. The second-order valence-electron chi connectivity index (χ2n) is 7.24. The summed E-state index contributed by atoms with van der Waals surface area (Å²) in [6.45, 7) is 2.58. The summed E-state index contributed by atoms with van der Waals surface area (Å²) in [6, 6.07) is 22.8. The van der Waals surface area contributed by atoms with Gasteiger partial charge in [-0.2, -0.15) is 0 Å². The van der Waals surface area contributed by atoms with Crippen LogP contribution in [-0.2, 0) is 29.3 Å². The molecule has 0 radical (unpaired) electrons. The van der Waals surface area contributed by atoms with Crippen molar-refractivity contribution in [3.8, 4) is 5.75 Å². The number of carbonyl (C=O) groups is 2. The molecule has 0 unspecified atom stereocenters. The average molecular weight is 401 g/mol. The van der Waals surface area contributed by atoms with Crippen LogP contribution in [0.4, 0.5) is 0 Å². The monoisotopic (exact) mass is 401 g/mol. The number of amides is 1. The highest BCUT2D eigenvalue weighted by Gasteiger charge is 2.22. The van der Waals surface area contributed by atoms with Crippen LogP contribution in [0.5, 0.6) is 5.75 Å². The number of ether oxygens (including phenoxy) is 1. The summed E-state index contributed by atoms with van der Waals surface area (Å²) in [4.78, 5) is 30.7. The number of fused-ring (bicyclic) bond motifs is 2. The predicted octanol–water partition coefficient (Wildman–Crippen LogP) is 4.33. The maximum absolute atomic E-state index is 13.0. The summed E-state index contributed by atoms with van der Waals surface area (Å²) in [6.07, 6.45) is 0.566. The summed E-state index contributed by atoms with van der Waals surface area (Å²) in [5.41, 5.74) is 4.05. The quantitative estimate of drug-likeness (QED) is 0.577. The minimum absolute atomic E-state index is 0.0382. The van der Waals surface area contributed by atoms with E-state index in [1.54, 1.807) is 0 Å². The molecule has 0 fully saturated rings. The van der Waals surface area contributed by atoms with Gasteiger partial charge in [-0.05, 0) is 29.7 Å². The Kier molecular flexibility index (Phi) is 5.91. The average Bonchev–Trinajstić information content (AvgIpc) is 2.91. The molecule has 1 amide bonds. The van der Waals surface area contributed by atoms with E-state index in [2.05, 4.69) is 0 Å². The zero-order valence-electron chi connectivity index (χ0n) is 16.8. The Morgan fingerprint density at radius 1 is 0.967 bits per heavy atom. The number of benzene rings is 3. The highest BCUT2D eigenvalue weighted by molar-refractivity contribution is 6.12. The molecule has 0 N–H and O–H groups in total. The third kappa shape index (κ3) is 4.42. The van der Waals surface area contributed by atoms with Gasteiger partial charge in [0.05, 0.1) is 12.1 Å². The van der Waals surface area contributed by atoms with Crippen molar-refractivity contribution in [2.24, 2.45) is 0 Å². The molecule has 3 aromatic carbocycles. The van der Waals surface area contributed by atoms with Crippen LogP contribution in [0.15, 0.2) is 72.8 Å². The Balaban J connectivity index is 1.46. The van der Waals surface area contributed by atoms with E-state index in [4.69, 9.17) is 9.57 Å². The van der Waals surface area contributed by atoms with Crippen molar-refractivity contribution in [1.82, 2.24) is 5.06 Å². The number of carbonyl (C=O) groups excluding carboxylic acids is 2. The van der Waals surface area contributed by atoms with E-state index in [0.29, 0.717) is 43.1 Å². The first kappa shape index (κ1) is 19.9. The normalized spacial score (nSPS) is 12.4. The SMILES string of the molecule is CC(=O)N(CCc1ccc2c(c1)C(=O)c1ccccc1CO2)OCc1ccccc1. The zero-order valence-corrected chi connectivity index (χ0v) is 16.8. The molecule has 3 aromatic rings. The van der Waals surface area contributed by atoms with Gasteiger partial charge in [0.15, 0.2) is 5.78 Å². The molecule has 1 aliphatic rings. The lowest BCUT2D eigenvalue weighted by atomic mass is 9.97. The van der Waals surface area contributed by atoms with Crippen LogP contribution in [0.2, 0.25) is 0 Å². The van der Waals surface area contributed by atoms with Gasteiger partial charge in [0.2, 0.25) is 5.91 Å². The van der Waals surface area contributed by atoms with E-state index >= 15 is 0 Å². The maximum atomic E-state index is 13.0. The van der Waals surface area contributed by atoms with Crippen LogP contribution in [0, 0.1) is 0 Å². The first-order valence-electron chi connectivity index (χ1n) is 9.95. The molecule has 5 nitrogen and oxygen atoms in total.